The van der Waals surface area contributed by atoms with Crippen molar-refractivity contribution in [1.82, 2.24) is 10.2 Å². The average Bonchev–Trinajstić information content (AvgIpc) is 3.30. The van der Waals surface area contributed by atoms with Crippen LogP contribution in [0.4, 0.5) is 0 Å². The van der Waals surface area contributed by atoms with E-state index in [9.17, 15) is 24.9 Å². The first-order valence-corrected chi connectivity index (χ1v) is 12.6. The molecule has 4 atom stereocenters. The number of amides is 2. The standard InChI is InChI=1S/C29H34N2O7/c1-17(2)11-24(34)31(15-18-7-5-4-6-8-18)22-14-21(29(36)30-9-10-32)25-20-12-19(16-33)13-23(37-3)27(20)38-28(25)26(22)35/h4-8,11-14,22,25-26,28,32-33,35H,9-10,15-16H2,1-3H3,(H,30,36). The first-order chi connectivity index (χ1) is 18.3. The van der Waals surface area contributed by atoms with E-state index in [1.807, 2.05) is 44.2 Å². The molecule has 2 aromatic carbocycles. The molecule has 0 radical (unpaired) electrons. The second kappa shape index (κ2) is 11.8. The summed E-state index contributed by atoms with van der Waals surface area (Å²) in [5, 5.41) is 33.5. The summed E-state index contributed by atoms with van der Waals surface area (Å²) in [5.41, 5.74) is 3.14. The van der Waals surface area contributed by atoms with Gasteiger partial charge in [0, 0.05) is 30.3 Å². The third kappa shape index (κ3) is 5.45. The molecule has 1 heterocycles. The molecule has 1 aliphatic heterocycles. The third-order valence-corrected chi connectivity index (χ3v) is 6.75. The topological polar surface area (TPSA) is 129 Å². The number of nitrogens with zero attached hydrogens (tertiary/aromatic N) is 1. The largest absolute Gasteiger partial charge is 0.493 e. The Hall–Kier alpha value is -3.66. The molecule has 1 aliphatic carbocycles. The number of allylic oxidation sites excluding steroid dienone is 1. The summed E-state index contributed by atoms with van der Waals surface area (Å²) >= 11 is 0. The minimum absolute atomic E-state index is 0.0406. The number of aliphatic hydroxyl groups excluding tert-OH is 3. The summed E-state index contributed by atoms with van der Waals surface area (Å²) < 4.78 is 11.7. The van der Waals surface area contributed by atoms with E-state index in [0.29, 0.717) is 28.2 Å². The Morgan fingerprint density at radius 2 is 1.87 bits per heavy atom. The molecule has 0 saturated heterocycles. The van der Waals surface area contributed by atoms with Crippen molar-refractivity contribution in [2.24, 2.45) is 0 Å². The van der Waals surface area contributed by atoms with Crippen LogP contribution < -0.4 is 14.8 Å². The van der Waals surface area contributed by atoms with Crippen LogP contribution in [0.3, 0.4) is 0 Å². The lowest BCUT2D eigenvalue weighted by Crippen LogP contribution is -2.55. The number of carbonyl (C=O) groups is 2. The molecule has 202 valence electrons. The predicted octanol–water partition coefficient (Wildman–Crippen LogP) is 1.81. The average molecular weight is 523 g/mol. The predicted molar refractivity (Wildman–Crippen MR) is 140 cm³/mol. The fourth-order valence-corrected chi connectivity index (χ4v) is 5.06. The lowest BCUT2D eigenvalue weighted by atomic mass is 9.77. The Morgan fingerprint density at radius 1 is 1.13 bits per heavy atom. The fraction of sp³-hybridized carbons (Fsp3) is 0.379. The maximum absolute atomic E-state index is 13.4. The van der Waals surface area contributed by atoms with Gasteiger partial charge in [-0.3, -0.25) is 9.59 Å². The van der Waals surface area contributed by atoms with Gasteiger partial charge in [0.1, 0.15) is 12.2 Å². The normalized spacial score (nSPS) is 21.4. The van der Waals surface area contributed by atoms with Crippen molar-refractivity contribution in [3.63, 3.8) is 0 Å². The van der Waals surface area contributed by atoms with Crippen molar-refractivity contribution in [2.75, 3.05) is 20.3 Å². The number of carbonyl (C=O) groups excluding carboxylic acids is 2. The van der Waals surface area contributed by atoms with Gasteiger partial charge < -0.3 is 35.0 Å². The van der Waals surface area contributed by atoms with E-state index in [4.69, 9.17) is 9.47 Å². The molecule has 2 amide bonds. The van der Waals surface area contributed by atoms with Gasteiger partial charge in [-0.1, -0.05) is 35.9 Å². The number of hydrogen-bond donors (Lipinski definition) is 4. The molecule has 0 fully saturated rings. The van der Waals surface area contributed by atoms with Crippen molar-refractivity contribution < 1.29 is 34.4 Å². The molecule has 4 unspecified atom stereocenters. The molecule has 0 aromatic heterocycles. The molecular formula is C29H34N2O7. The van der Waals surface area contributed by atoms with Crippen LogP contribution in [0.1, 0.15) is 36.5 Å². The van der Waals surface area contributed by atoms with Gasteiger partial charge in [-0.2, -0.15) is 0 Å². The van der Waals surface area contributed by atoms with Crippen molar-refractivity contribution in [2.45, 2.75) is 51.2 Å². The molecule has 0 bridgehead atoms. The first-order valence-electron chi connectivity index (χ1n) is 12.6. The smallest absolute Gasteiger partial charge is 0.247 e. The molecule has 4 rings (SSSR count). The van der Waals surface area contributed by atoms with E-state index in [-0.39, 0.29) is 32.2 Å². The molecular weight excluding hydrogens is 488 g/mol. The van der Waals surface area contributed by atoms with Gasteiger partial charge >= 0.3 is 0 Å². The Balaban J connectivity index is 1.84. The van der Waals surface area contributed by atoms with Crippen LogP contribution in [0, 0.1) is 0 Å². The number of aliphatic hydroxyl groups is 3. The minimum Gasteiger partial charge on any atom is -0.493 e. The summed E-state index contributed by atoms with van der Waals surface area (Å²) in [6.07, 6.45) is 1.05. The maximum atomic E-state index is 13.4. The van der Waals surface area contributed by atoms with E-state index in [1.165, 1.54) is 18.1 Å². The van der Waals surface area contributed by atoms with Gasteiger partial charge in [-0.15, -0.1) is 0 Å². The highest BCUT2D eigenvalue weighted by atomic mass is 16.5. The van der Waals surface area contributed by atoms with E-state index in [1.54, 1.807) is 18.2 Å². The summed E-state index contributed by atoms with van der Waals surface area (Å²) in [7, 11) is 1.48. The van der Waals surface area contributed by atoms with E-state index in [0.717, 1.165) is 11.1 Å². The van der Waals surface area contributed by atoms with Gasteiger partial charge in [-0.25, -0.2) is 0 Å². The highest BCUT2D eigenvalue weighted by Crippen LogP contribution is 2.51. The Labute approximate surface area is 222 Å². The number of nitrogens with one attached hydrogen (secondary N) is 1. The van der Waals surface area contributed by atoms with Gasteiger partial charge in [0.05, 0.1) is 32.3 Å². The maximum Gasteiger partial charge on any atom is 0.247 e. The monoisotopic (exact) mass is 522 g/mol. The Morgan fingerprint density at radius 3 is 2.50 bits per heavy atom. The fourth-order valence-electron chi connectivity index (χ4n) is 5.06. The minimum atomic E-state index is -1.18. The molecule has 4 N–H and O–H groups in total. The highest BCUT2D eigenvalue weighted by Gasteiger charge is 2.51. The molecule has 38 heavy (non-hydrogen) atoms. The van der Waals surface area contributed by atoms with Crippen molar-refractivity contribution >= 4 is 11.8 Å². The zero-order chi connectivity index (χ0) is 27.4. The van der Waals surface area contributed by atoms with Crippen LogP contribution in [-0.4, -0.2) is 70.5 Å². The molecule has 2 aromatic rings. The number of fused-ring (bicyclic) bond motifs is 3. The zero-order valence-corrected chi connectivity index (χ0v) is 21.8. The molecule has 0 saturated carbocycles. The summed E-state index contributed by atoms with van der Waals surface area (Å²) in [4.78, 5) is 28.3. The van der Waals surface area contributed by atoms with E-state index >= 15 is 0 Å². The number of hydrogen-bond acceptors (Lipinski definition) is 7. The first kappa shape index (κ1) is 27.4. The van der Waals surface area contributed by atoms with Crippen LogP contribution in [-0.2, 0) is 22.7 Å². The lowest BCUT2D eigenvalue weighted by molar-refractivity contribution is -0.133. The second-order valence-electron chi connectivity index (χ2n) is 9.69. The van der Waals surface area contributed by atoms with Gasteiger partial charge in [0.25, 0.3) is 0 Å². The number of benzene rings is 2. The Kier molecular flexibility index (Phi) is 8.51. The van der Waals surface area contributed by atoms with E-state index < -0.39 is 30.1 Å². The van der Waals surface area contributed by atoms with Crippen molar-refractivity contribution in [3.05, 3.63) is 82.5 Å². The van der Waals surface area contributed by atoms with Crippen molar-refractivity contribution in [3.8, 4) is 11.5 Å². The molecule has 9 heteroatoms. The third-order valence-electron chi connectivity index (χ3n) is 6.75. The number of methoxy groups -OCH3 is 1. The van der Waals surface area contributed by atoms with Crippen LogP contribution in [0.15, 0.2) is 65.8 Å². The van der Waals surface area contributed by atoms with Gasteiger partial charge in [0.2, 0.25) is 11.8 Å². The zero-order valence-electron chi connectivity index (χ0n) is 21.8. The number of ether oxygens (including phenoxy) is 2. The van der Waals surface area contributed by atoms with Crippen LogP contribution >= 0.6 is 0 Å². The summed E-state index contributed by atoms with van der Waals surface area (Å²) in [6.45, 7) is 3.39. The van der Waals surface area contributed by atoms with Crippen LogP contribution in [0.2, 0.25) is 0 Å². The Bertz CT molecular complexity index is 1240. The van der Waals surface area contributed by atoms with Crippen LogP contribution in [0.5, 0.6) is 11.5 Å². The molecule has 2 aliphatic rings. The highest BCUT2D eigenvalue weighted by molar-refractivity contribution is 5.96. The molecule has 0 spiro atoms. The second-order valence-corrected chi connectivity index (χ2v) is 9.69. The summed E-state index contributed by atoms with van der Waals surface area (Å²) in [5.74, 6) is -0.664. The van der Waals surface area contributed by atoms with Gasteiger partial charge in [0.15, 0.2) is 11.5 Å². The van der Waals surface area contributed by atoms with Crippen LogP contribution in [0.25, 0.3) is 0 Å². The SMILES string of the molecule is COc1cc(CO)cc2c1OC1C2C(C(=O)NCCO)=CC(N(Cc2ccccc2)C(=O)C=C(C)C)C1O. The van der Waals surface area contributed by atoms with Crippen molar-refractivity contribution in [1.29, 1.82) is 0 Å². The number of rotatable bonds is 9. The lowest BCUT2D eigenvalue weighted by Gasteiger charge is -2.40. The van der Waals surface area contributed by atoms with Gasteiger partial charge in [-0.05, 0) is 43.2 Å². The summed E-state index contributed by atoms with van der Waals surface area (Å²) in [6, 6.07) is 11.9. The van der Waals surface area contributed by atoms with E-state index in [2.05, 4.69) is 5.32 Å². The quantitative estimate of drug-likeness (QED) is 0.370. The molecule has 9 nitrogen and oxygen atoms in total.